The Hall–Kier alpha value is -2.67. The SMILES string of the molecule is N#Cc1ccc(C(=O)NCc2cc(C#CCN)cs2)nc1. The summed E-state index contributed by atoms with van der Waals surface area (Å²) in [5.41, 5.74) is 6.92. The minimum atomic E-state index is -0.275. The Morgan fingerprint density at radius 3 is 2.95 bits per heavy atom. The van der Waals surface area contributed by atoms with E-state index in [4.69, 9.17) is 11.0 Å². The van der Waals surface area contributed by atoms with Crippen molar-refractivity contribution in [2.75, 3.05) is 6.54 Å². The standard InChI is InChI=1S/C15H12N4OS/c16-5-1-2-11-6-13(21-10-11)9-19-15(20)14-4-3-12(7-17)8-18-14/h3-4,6,8,10H,5,9,16H2,(H,19,20). The number of hydrogen-bond acceptors (Lipinski definition) is 5. The first-order valence-electron chi connectivity index (χ1n) is 6.13. The molecule has 0 aliphatic heterocycles. The first-order chi connectivity index (χ1) is 10.2. The van der Waals surface area contributed by atoms with Crippen LogP contribution in [0.4, 0.5) is 0 Å². The summed E-state index contributed by atoms with van der Waals surface area (Å²) in [5.74, 6) is 5.44. The zero-order valence-electron chi connectivity index (χ0n) is 11.1. The van der Waals surface area contributed by atoms with Gasteiger partial charge in [-0.25, -0.2) is 4.98 Å². The molecule has 6 heteroatoms. The zero-order chi connectivity index (χ0) is 15.1. The molecule has 0 aliphatic rings. The van der Waals surface area contributed by atoms with Gasteiger partial charge in [0.15, 0.2) is 0 Å². The number of amides is 1. The predicted octanol–water partition coefficient (Wildman–Crippen LogP) is 1.25. The first-order valence-corrected chi connectivity index (χ1v) is 7.01. The molecule has 21 heavy (non-hydrogen) atoms. The lowest BCUT2D eigenvalue weighted by atomic mass is 10.2. The molecule has 0 aliphatic carbocycles. The van der Waals surface area contributed by atoms with E-state index in [9.17, 15) is 4.79 Å². The highest BCUT2D eigenvalue weighted by atomic mass is 32.1. The summed E-state index contributed by atoms with van der Waals surface area (Å²) in [6, 6.07) is 6.96. The van der Waals surface area contributed by atoms with Crippen LogP contribution < -0.4 is 11.1 Å². The van der Waals surface area contributed by atoms with E-state index < -0.39 is 0 Å². The van der Waals surface area contributed by atoms with Crippen LogP contribution in [0.3, 0.4) is 0 Å². The van der Waals surface area contributed by atoms with Gasteiger partial charge < -0.3 is 11.1 Å². The number of pyridine rings is 1. The molecule has 104 valence electrons. The van der Waals surface area contributed by atoms with Crippen molar-refractivity contribution in [3.05, 3.63) is 51.5 Å². The Balaban J connectivity index is 1.94. The molecular weight excluding hydrogens is 284 g/mol. The summed E-state index contributed by atoms with van der Waals surface area (Å²) in [7, 11) is 0. The fourth-order valence-corrected chi connectivity index (χ4v) is 2.30. The van der Waals surface area contributed by atoms with Crippen LogP contribution in [-0.4, -0.2) is 17.4 Å². The fraction of sp³-hybridized carbons (Fsp3) is 0.133. The lowest BCUT2D eigenvalue weighted by molar-refractivity contribution is 0.0946. The summed E-state index contributed by atoms with van der Waals surface area (Å²) in [5, 5.41) is 13.4. The molecule has 5 nitrogen and oxygen atoms in total. The van der Waals surface area contributed by atoms with Crippen molar-refractivity contribution in [2.24, 2.45) is 5.73 Å². The fourth-order valence-electron chi connectivity index (χ4n) is 1.54. The normalized spacial score (nSPS) is 9.33. The summed E-state index contributed by atoms with van der Waals surface area (Å²) in [4.78, 5) is 16.8. The van der Waals surface area contributed by atoms with Crippen LogP contribution in [0.1, 0.15) is 26.5 Å². The largest absolute Gasteiger partial charge is 0.346 e. The van der Waals surface area contributed by atoms with Crippen LogP contribution in [0.25, 0.3) is 0 Å². The maximum atomic E-state index is 11.9. The van der Waals surface area contributed by atoms with E-state index >= 15 is 0 Å². The van der Waals surface area contributed by atoms with Gasteiger partial charge in [-0.2, -0.15) is 5.26 Å². The second-order valence-corrected chi connectivity index (χ2v) is 5.03. The molecule has 3 N–H and O–H groups in total. The Labute approximate surface area is 126 Å². The molecule has 2 heterocycles. The highest BCUT2D eigenvalue weighted by Crippen LogP contribution is 2.13. The number of nitrogens with two attached hydrogens (primary N) is 1. The Bertz CT molecular complexity index is 732. The van der Waals surface area contributed by atoms with Crippen LogP contribution in [0.2, 0.25) is 0 Å². The van der Waals surface area contributed by atoms with Crippen LogP contribution >= 0.6 is 11.3 Å². The number of nitrogens with one attached hydrogen (secondary N) is 1. The van der Waals surface area contributed by atoms with Crippen LogP contribution in [0.15, 0.2) is 29.8 Å². The molecule has 1 amide bonds. The van der Waals surface area contributed by atoms with Crippen LogP contribution in [0.5, 0.6) is 0 Å². The average Bonchev–Trinajstić information content (AvgIpc) is 2.98. The number of hydrogen-bond donors (Lipinski definition) is 2. The number of rotatable bonds is 3. The van der Waals surface area contributed by atoms with Crippen molar-refractivity contribution in [2.45, 2.75) is 6.54 Å². The third-order valence-corrected chi connectivity index (χ3v) is 3.47. The molecule has 0 unspecified atom stereocenters. The lowest BCUT2D eigenvalue weighted by Gasteiger charge is -2.02. The number of nitriles is 1. The van der Waals surface area contributed by atoms with Crippen molar-refractivity contribution < 1.29 is 4.79 Å². The van der Waals surface area contributed by atoms with E-state index in [1.54, 1.807) is 6.07 Å². The van der Waals surface area contributed by atoms with Crippen molar-refractivity contribution in [3.8, 4) is 17.9 Å². The van der Waals surface area contributed by atoms with Gasteiger partial charge in [0.05, 0.1) is 18.7 Å². The third-order valence-electron chi connectivity index (χ3n) is 2.54. The van der Waals surface area contributed by atoms with Crippen molar-refractivity contribution in [3.63, 3.8) is 0 Å². The number of nitrogens with zero attached hydrogens (tertiary/aromatic N) is 2. The molecule has 0 bridgehead atoms. The Kier molecular flexibility index (Phi) is 5.05. The molecule has 0 atom stereocenters. The monoisotopic (exact) mass is 296 g/mol. The quantitative estimate of drug-likeness (QED) is 0.834. The Morgan fingerprint density at radius 1 is 1.43 bits per heavy atom. The van der Waals surface area contributed by atoms with Crippen molar-refractivity contribution in [1.82, 2.24) is 10.3 Å². The molecule has 0 aromatic carbocycles. The second-order valence-electron chi connectivity index (χ2n) is 4.03. The van der Waals surface area contributed by atoms with Crippen molar-refractivity contribution >= 4 is 17.2 Å². The number of thiophene rings is 1. The molecular formula is C15H12N4OS. The van der Waals surface area contributed by atoms with E-state index in [2.05, 4.69) is 22.1 Å². The van der Waals surface area contributed by atoms with Gasteiger partial charge in [0.2, 0.25) is 0 Å². The van der Waals surface area contributed by atoms with E-state index in [0.29, 0.717) is 18.7 Å². The van der Waals surface area contributed by atoms with E-state index in [-0.39, 0.29) is 11.6 Å². The Morgan fingerprint density at radius 2 is 2.29 bits per heavy atom. The van der Waals surface area contributed by atoms with Gasteiger partial charge in [-0.15, -0.1) is 11.3 Å². The molecule has 2 rings (SSSR count). The van der Waals surface area contributed by atoms with Gasteiger partial charge in [0.25, 0.3) is 5.91 Å². The van der Waals surface area contributed by atoms with Gasteiger partial charge in [-0.1, -0.05) is 11.8 Å². The van der Waals surface area contributed by atoms with Gasteiger partial charge in [-0.3, -0.25) is 4.79 Å². The van der Waals surface area contributed by atoms with E-state index in [0.717, 1.165) is 10.4 Å². The molecule has 0 spiro atoms. The molecule has 2 aromatic heterocycles. The van der Waals surface area contributed by atoms with Gasteiger partial charge in [0, 0.05) is 22.0 Å². The first kappa shape index (κ1) is 14.7. The number of aromatic nitrogens is 1. The maximum Gasteiger partial charge on any atom is 0.270 e. The average molecular weight is 296 g/mol. The highest BCUT2D eigenvalue weighted by molar-refractivity contribution is 7.10. The third kappa shape index (κ3) is 4.15. The topological polar surface area (TPSA) is 91.8 Å². The predicted molar refractivity (Wildman–Crippen MR) is 80.4 cm³/mol. The summed E-state index contributed by atoms with van der Waals surface area (Å²) in [6.45, 7) is 0.738. The van der Waals surface area contributed by atoms with Crippen LogP contribution in [-0.2, 0) is 6.54 Å². The molecule has 0 radical (unpaired) electrons. The van der Waals surface area contributed by atoms with Gasteiger partial charge in [0.1, 0.15) is 11.8 Å². The maximum absolute atomic E-state index is 11.9. The van der Waals surface area contributed by atoms with Crippen molar-refractivity contribution in [1.29, 1.82) is 5.26 Å². The molecule has 0 fully saturated rings. The van der Waals surface area contributed by atoms with E-state index in [1.165, 1.54) is 23.6 Å². The van der Waals surface area contributed by atoms with Gasteiger partial charge >= 0.3 is 0 Å². The number of carbonyl (C=O) groups excluding carboxylic acids is 1. The zero-order valence-corrected chi connectivity index (χ0v) is 11.9. The minimum Gasteiger partial charge on any atom is -0.346 e. The summed E-state index contributed by atoms with van der Waals surface area (Å²) >= 11 is 1.52. The summed E-state index contributed by atoms with van der Waals surface area (Å²) in [6.07, 6.45) is 1.38. The molecule has 0 saturated carbocycles. The van der Waals surface area contributed by atoms with E-state index in [1.807, 2.05) is 17.5 Å². The minimum absolute atomic E-state index is 0.275. The molecule has 2 aromatic rings. The van der Waals surface area contributed by atoms with Crippen LogP contribution in [0, 0.1) is 23.2 Å². The smallest absolute Gasteiger partial charge is 0.270 e. The number of carbonyl (C=O) groups is 1. The second kappa shape index (κ2) is 7.20. The van der Waals surface area contributed by atoms with Gasteiger partial charge in [-0.05, 0) is 18.2 Å². The molecule has 0 saturated heterocycles. The lowest BCUT2D eigenvalue weighted by Crippen LogP contribution is -2.23. The highest BCUT2D eigenvalue weighted by Gasteiger charge is 2.07. The summed E-state index contributed by atoms with van der Waals surface area (Å²) < 4.78 is 0.